The molecular weight excluding hydrogens is 296 g/mol. The molecule has 1 unspecified atom stereocenters. The van der Waals surface area contributed by atoms with Gasteiger partial charge in [-0.2, -0.15) is 0 Å². The van der Waals surface area contributed by atoms with Gasteiger partial charge in [-0.3, -0.25) is 9.59 Å². The Balaban J connectivity index is 1.90. The molecule has 23 heavy (non-hydrogen) atoms. The van der Waals surface area contributed by atoms with Crippen LogP contribution in [0.5, 0.6) is 0 Å². The van der Waals surface area contributed by atoms with E-state index in [4.69, 9.17) is 9.84 Å². The first-order valence-corrected chi connectivity index (χ1v) is 8.08. The number of aliphatic hydroxyl groups is 2. The smallest absolute Gasteiger partial charge is 0.313 e. The Labute approximate surface area is 136 Å². The Hall–Kier alpha value is -1.72. The quantitative estimate of drug-likeness (QED) is 0.746. The third kappa shape index (κ3) is 4.88. The number of rotatable bonds is 7. The maximum Gasteiger partial charge on any atom is 0.313 e. The minimum absolute atomic E-state index is 0.142. The molecule has 2 rings (SSSR count). The third-order valence-corrected chi connectivity index (χ3v) is 4.38. The zero-order valence-corrected chi connectivity index (χ0v) is 13.4. The van der Waals surface area contributed by atoms with E-state index in [0.29, 0.717) is 12.2 Å². The van der Waals surface area contributed by atoms with Gasteiger partial charge < -0.3 is 14.9 Å². The van der Waals surface area contributed by atoms with E-state index in [9.17, 15) is 14.7 Å². The normalized spacial score (nSPS) is 20.3. The van der Waals surface area contributed by atoms with Gasteiger partial charge in [0.25, 0.3) is 0 Å². The molecule has 1 fully saturated rings. The minimum Gasteiger partial charge on any atom is -0.462 e. The van der Waals surface area contributed by atoms with E-state index in [-0.39, 0.29) is 12.5 Å². The van der Waals surface area contributed by atoms with Crippen LogP contribution in [0.4, 0.5) is 0 Å². The van der Waals surface area contributed by atoms with Gasteiger partial charge in [0.15, 0.2) is 0 Å². The van der Waals surface area contributed by atoms with E-state index in [1.165, 1.54) is 0 Å². The molecular formula is C18H24O5. The minimum atomic E-state index is -1.04. The Morgan fingerprint density at radius 3 is 2.61 bits per heavy atom. The second-order valence-corrected chi connectivity index (χ2v) is 6.19. The number of aliphatic hydroxyl groups excluding tert-OH is 2. The number of ketones is 1. The summed E-state index contributed by atoms with van der Waals surface area (Å²) in [5.41, 5.74) is 1.93. The highest BCUT2D eigenvalue weighted by Gasteiger charge is 2.24. The fourth-order valence-electron chi connectivity index (χ4n) is 2.82. The highest BCUT2D eigenvalue weighted by atomic mass is 16.5. The van der Waals surface area contributed by atoms with Crippen molar-refractivity contribution in [2.75, 3.05) is 13.2 Å². The zero-order chi connectivity index (χ0) is 16.8. The average molecular weight is 320 g/mol. The first-order valence-electron chi connectivity index (χ1n) is 8.08. The summed E-state index contributed by atoms with van der Waals surface area (Å²) in [6.45, 7) is 1.10. The Kier molecular flexibility index (Phi) is 6.30. The summed E-state index contributed by atoms with van der Waals surface area (Å²) in [5.74, 6) is -0.379. The molecule has 0 bridgehead atoms. The van der Waals surface area contributed by atoms with Crippen molar-refractivity contribution in [2.45, 2.75) is 44.6 Å². The number of carbonyl (C=O) groups excluding carboxylic acids is 2. The van der Waals surface area contributed by atoms with E-state index in [2.05, 4.69) is 0 Å². The van der Waals surface area contributed by atoms with Crippen molar-refractivity contribution in [1.29, 1.82) is 0 Å². The summed E-state index contributed by atoms with van der Waals surface area (Å²) in [7, 11) is 0. The number of benzene rings is 1. The topological polar surface area (TPSA) is 83.8 Å². The monoisotopic (exact) mass is 320 g/mol. The maximum atomic E-state index is 11.9. The molecule has 1 aromatic rings. The van der Waals surface area contributed by atoms with Gasteiger partial charge in [0.1, 0.15) is 18.5 Å². The van der Waals surface area contributed by atoms with E-state index in [0.717, 1.165) is 30.4 Å². The lowest BCUT2D eigenvalue weighted by atomic mass is 9.94. The Morgan fingerprint density at radius 1 is 1.35 bits per heavy atom. The summed E-state index contributed by atoms with van der Waals surface area (Å²) >= 11 is 0. The van der Waals surface area contributed by atoms with Crippen molar-refractivity contribution >= 4 is 11.8 Å². The predicted molar refractivity (Wildman–Crippen MR) is 85.0 cm³/mol. The molecule has 3 atom stereocenters. The number of Topliss-reactive ketones (excluding diaryl/α,β-unsaturated/α-hetero) is 1. The first kappa shape index (κ1) is 17.6. The van der Waals surface area contributed by atoms with Crippen LogP contribution in [0.15, 0.2) is 24.3 Å². The molecule has 0 saturated heterocycles. The van der Waals surface area contributed by atoms with Gasteiger partial charge in [0.2, 0.25) is 0 Å². The van der Waals surface area contributed by atoms with Crippen LogP contribution in [0.3, 0.4) is 0 Å². The van der Waals surface area contributed by atoms with Crippen LogP contribution < -0.4 is 0 Å². The molecule has 5 nitrogen and oxygen atoms in total. The number of carbonyl (C=O) groups is 2. The van der Waals surface area contributed by atoms with Crippen LogP contribution in [0.25, 0.3) is 0 Å². The molecule has 1 aliphatic carbocycles. The third-order valence-electron chi connectivity index (χ3n) is 4.38. The van der Waals surface area contributed by atoms with E-state index in [1.807, 2.05) is 24.3 Å². The molecule has 1 aromatic carbocycles. The van der Waals surface area contributed by atoms with Crippen molar-refractivity contribution in [3.63, 3.8) is 0 Å². The lowest BCUT2D eigenvalue weighted by Gasteiger charge is -2.14. The standard InChI is InChI=1S/C18H24O5/c1-12(18(22)23-11-16(20)10-19)14-7-5-13(6-8-14)9-15-3-2-4-17(15)21/h5-8,12,15-16,19-20H,2-4,9-11H2,1H3/t12-,15-,16?/m0/s1. The van der Waals surface area contributed by atoms with E-state index in [1.54, 1.807) is 6.92 Å². The van der Waals surface area contributed by atoms with Gasteiger partial charge in [-0.15, -0.1) is 0 Å². The SMILES string of the molecule is C[C@H](C(=O)OCC(O)CO)c1ccc(C[C@@H]2CCCC2=O)cc1. The molecule has 2 N–H and O–H groups in total. The number of esters is 1. The highest BCUT2D eigenvalue weighted by molar-refractivity contribution is 5.83. The van der Waals surface area contributed by atoms with E-state index >= 15 is 0 Å². The van der Waals surface area contributed by atoms with Crippen molar-refractivity contribution < 1.29 is 24.5 Å². The summed E-state index contributed by atoms with van der Waals surface area (Å²) in [4.78, 5) is 23.6. The van der Waals surface area contributed by atoms with Crippen molar-refractivity contribution in [1.82, 2.24) is 0 Å². The lowest BCUT2D eigenvalue weighted by molar-refractivity contribution is -0.148. The van der Waals surface area contributed by atoms with Gasteiger partial charge in [0.05, 0.1) is 12.5 Å². The molecule has 0 amide bonds. The molecule has 0 aliphatic heterocycles. The van der Waals surface area contributed by atoms with Gasteiger partial charge >= 0.3 is 5.97 Å². The first-order chi connectivity index (χ1) is 11.0. The molecule has 1 aliphatic rings. The van der Waals surface area contributed by atoms with Crippen LogP contribution in [-0.4, -0.2) is 41.3 Å². The molecule has 1 saturated carbocycles. The van der Waals surface area contributed by atoms with Crippen molar-refractivity contribution in [3.05, 3.63) is 35.4 Å². The maximum absolute atomic E-state index is 11.9. The zero-order valence-electron chi connectivity index (χ0n) is 13.4. The summed E-state index contributed by atoms with van der Waals surface area (Å²) < 4.78 is 4.97. The number of hydrogen-bond acceptors (Lipinski definition) is 5. The van der Waals surface area contributed by atoms with Crippen molar-refractivity contribution in [2.24, 2.45) is 5.92 Å². The Morgan fingerprint density at radius 2 is 2.04 bits per heavy atom. The number of ether oxygens (including phenoxy) is 1. The van der Waals surface area contributed by atoms with Gasteiger partial charge in [-0.25, -0.2) is 0 Å². The molecule has 5 heteroatoms. The Bertz CT molecular complexity index is 537. The van der Waals surface area contributed by atoms with Crippen LogP contribution >= 0.6 is 0 Å². The van der Waals surface area contributed by atoms with Crippen LogP contribution in [0.1, 0.15) is 43.2 Å². The fourth-order valence-corrected chi connectivity index (χ4v) is 2.82. The van der Waals surface area contributed by atoms with Crippen LogP contribution in [0.2, 0.25) is 0 Å². The summed E-state index contributed by atoms with van der Waals surface area (Å²) in [6.07, 6.45) is 2.38. The largest absolute Gasteiger partial charge is 0.462 e. The average Bonchev–Trinajstić information content (AvgIpc) is 2.97. The molecule has 0 spiro atoms. The second kappa shape index (κ2) is 8.22. The fraction of sp³-hybridized carbons (Fsp3) is 0.556. The summed E-state index contributed by atoms with van der Waals surface area (Å²) in [5, 5.41) is 17.9. The lowest BCUT2D eigenvalue weighted by Crippen LogP contribution is -2.24. The van der Waals surface area contributed by atoms with Crippen molar-refractivity contribution in [3.8, 4) is 0 Å². The van der Waals surface area contributed by atoms with Crippen LogP contribution in [0, 0.1) is 5.92 Å². The molecule has 0 radical (unpaired) electrons. The molecule has 0 aromatic heterocycles. The van der Waals surface area contributed by atoms with Crippen LogP contribution in [-0.2, 0) is 20.7 Å². The number of hydrogen-bond donors (Lipinski definition) is 2. The summed E-state index contributed by atoms with van der Waals surface area (Å²) in [6, 6.07) is 7.66. The molecule has 126 valence electrons. The molecule has 0 heterocycles. The highest BCUT2D eigenvalue weighted by Crippen LogP contribution is 2.26. The second-order valence-electron chi connectivity index (χ2n) is 6.19. The van der Waals surface area contributed by atoms with Gasteiger partial charge in [0, 0.05) is 12.3 Å². The van der Waals surface area contributed by atoms with Gasteiger partial charge in [-0.05, 0) is 37.3 Å². The predicted octanol–water partition coefficient (Wildman–Crippen LogP) is 1.60. The van der Waals surface area contributed by atoms with E-state index < -0.39 is 24.6 Å². The van der Waals surface area contributed by atoms with Gasteiger partial charge in [-0.1, -0.05) is 24.3 Å².